The number of hydrogen-bond acceptors (Lipinski definition) is 15. The Bertz CT molecular complexity index is 1810. The summed E-state index contributed by atoms with van der Waals surface area (Å²) in [7, 11) is -9.90. The van der Waals surface area contributed by atoms with E-state index in [1.54, 1.807) is 0 Å². The van der Waals surface area contributed by atoms with Crippen molar-refractivity contribution in [2.45, 2.75) is 400 Å². The van der Waals surface area contributed by atoms with Crippen molar-refractivity contribution in [3.05, 3.63) is 0 Å². The molecule has 0 spiro atoms. The van der Waals surface area contributed by atoms with Gasteiger partial charge in [-0.25, -0.2) is 9.13 Å². The first-order chi connectivity index (χ1) is 44.9. The predicted molar refractivity (Wildman–Crippen MR) is 377 cm³/mol. The maximum absolute atomic E-state index is 13.1. The van der Waals surface area contributed by atoms with Crippen molar-refractivity contribution in [3.8, 4) is 0 Å². The summed E-state index contributed by atoms with van der Waals surface area (Å²) in [4.78, 5) is 72.6. The highest BCUT2D eigenvalue weighted by atomic mass is 31.2. The number of unbranched alkanes of at least 4 members (excludes halogenated alkanes) is 42. The van der Waals surface area contributed by atoms with Crippen LogP contribution >= 0.6 is 15.6 Å². The number of aliphatic hydroxyl groups excluding tert-OH is 1. The van der Waals surface area contributed by atoms with E-state index in [2.05, 4.69) is 41.5 Å². The van der Waals surface area contributed by atoms with E-state index in [0.29, 0.717) is 25.7 Å². The summed E-state index contributed by atoms with van der Waals surface area (Å²) < 4.78 is 68.3. The van der Waals surface area contributed by atoms with Crippen LogP contribution in [0.2, 0.25) is 0 Å². The van der Waals surface area contributed by atoms with Crippen molar-refractivity contribution < 1.29 is 80.2 Å². The van der Waals surface area contributed by atoms with Gasteiger partial charge in [0.2, 0.25) is 0 Å². The molecule has 0 saturated carbocycles. The Morgan fingerprint density at radius 1 is 0.312 bits per heavy atom. The topological polar surface area (TPSA) is 237 Å². The van der Waals surface area contributed by atoms with Crippen LogP contribution in [0.1, 0.15) is 382 Å². The smallest absolute Gasteiger partial charge is 0.462 e. The second-order valence-corrected chi connectivity index (χ2v) is 30.3. The summed E-state index contributed by atoms with van der Waals surface area (Å²) in [5.74, 6) is -0.540. The number of ether oxygens (including phenoxy) is 4. The molecule has 6 atom stereocenters. The highest BCUT2D eigenvalue weighted by Crippen LogP contribution is 2.45. The molecule has 0 heterocycles. The summed E-state index contributed by atoms with van der Waals surface area (Å²) in [6.07, 6.45) is 52.8. The highest BCUT2D eigenvalue weighted by molar-refractivity contribution is 7.47. The van der Waals surface area contributed by atoms with Crippen molar-refractivity contribution in [2.75, 3.05) is 39.6 Å². The molecular weight excluding hydrogens is 1220 g/mol. The molecule has 0 aliphatic carbocycles. The molecule has 93 heavy (non-hydrogen) atoms. The van der Waals surface area contributed by atoms with E-state index in [-0.39, 0.29) is 25.7 Å². The fraction of sp³-hybridized carbons (Fsp3) is 0.946. The largest absolute Gasteiger partial charge is 0.472 e. The van der Waals surface area contributed by atoms with E-state index in [1.165, 1.54) is 186 Å². The van der Waals surface area contributed by atoms with Gasteiger partial charge in [0.05, 0.1) is 26.4 Å². The third-order valence-corrected chi connectivity index (χ3v) is 19.5. The average Bonchev–Trinajstić information content (AvgIpc) is 1.77. The lowest BCUT2D eigenvalue weighted by molar-refractivity contribution is -0.161. The zero-order chi connectivity index (χ0) is 68.6. The monoisotopic (exact) mass is 1370 g/mol. The van der Waals surface area contributed by atoms with Crippen LogP contribution in [-0.2, 0) is 65.4 Å². The Balaban J connectivity index is 5.20. The molecule has 552 valence electrons. The Morgan fingerprint density at radius 3 is 0.817 bits per heavy atom. The van der Waals surface area contributed by atoms with Crippen LogP contribution in [0.15, 0.2) is 0 Å². The molecule has 0 fully saturated rings. The van der Waals surface area contributed by atoms with Crippen LogP contribution in [0.3, 0.4) is 0 Å². The molecule has 0 aliphatic rings. The van der Waals surface area contributed by atoms with Crippen LogP contribution in [0.4, 0.5) is 0 Å². The molecule has 3 N–H and O–H groups in total. The summed E-state index contributed by atoms with van der Waals surface area (Å²) in [6, 6.07) is 0. The minimum absolute atomic E-state index is 0.105. The van der Waals surface area contributed by atoms with Crippen molar-refractivity contribution in [1.29, 1.82) is 0 Å². The molecule has 0 rings (SSSR count). The van der Waals surface area contributed by atoms with E-state index in [0.717, 1.165) is 115 Å². The molecule has 19 heteroatoms. The minimum atomic E-state index is -4.95. The number of carbonyl (C=O) groups excluding carboxylic acids is 4. The van der Waals surface area contributed by atoms with Gasteiger partial charge in [-0.1, -0.05) is 330 Å². The van der Waals surface area contributed by atoms with Crippen molar-refractivity contribution >= 4 is 39.5 Å². The predicted octanol–water partition coefficient (Wildman–Crippen LogP) is 21.6. The summed E-state index contributed by atoms with van der Waals surface area (Å²) in [5.41, 5.74) is 0. The van der Waals surface area contributed by atoms with Gasteiger partial charge in [0.25, 0.3) is 0 Å². The zero-order valence-corrected chi connectivity index (χ0v) is 62.3. The second-order valence-electron chi connectivity index (χ2n) is 27.4. The summed E-state index contributed by atoms with van der Waals surface area (Å²) in [6.45, 7) is 9.57. The lowest BCUT2D eigenvalue weighted by Gasteiger charge is -2.21. The molecule has 0 bridgehead atoms. The summed E-state index contributed by atoms with van der Waals surface area (Å²) >= 11 is 0. The quantitative estimate of drug-likeness (QED) is 0.0222. The van der Waals surface area contributed by atoms with Gasteiger partial charge in [-0.05, 0) is 37.5 Å². The van der Waals surface area contributed by atoms with Gasteiger partial charge in [-0.15, -0.1) is 0 Å². The maximum Gasteiger partial charge on any atom is 0.472 e. The minimum Gasteiger partial charge on any atom is -0.462 e. The molecule has 0 aliphatic heterocycles. The molecule has 3 unspecified atom stereocenters. The van der Waals surface area contributed by atoms with Gasteiger partial charge in [-0.2, -0.15) is 0 Å². The van der Waals surface area contributed by atoms with Gasteiger partial charge in [0.15, 0.2) is 12.2 Å². The average molecular weight is 1370 g/mol. The van der Waals surface area contributed by atoms with Gasteiger partial charge >= 0.3 is 39.5 Å². The van der Waals surface area contributed by atoms with Crippen LogP contribution in [0, 0.1) is 11.8 Å². The van der Waals surface area contributed by atoms with Gasteiger partial charge in [0, 0.05) is 25.7 Å². The Labute approximate surface area is 568 Å². The Kier molecular flexibility index (Phi) is 64.6. The molecular formula is C74H144O17P2. The fourth-order valence-electron chi connectivity index (χ4n) is 11.3. The van der Waals surface area contributed by atoms with Crippen LogP contribution < -0.4 is 0 Å². The van der Waals surface area contributed by atoms with Crippen molar-refractivity contribution in [2.24, 2.45) is 11.8 Å². The fourth-order valence-corrected chi connectivity index (χ4v) is 12.8. The van der Waals surface area contributed by atoms with Gasteiger partial charge in [-0.3, -0.25) is 37.3 Å². The second kappa shape index (κ2) is 66.0. The van der Waals surface area contributed by atoms with Crippen LogP contribution in [0.5, 0.6) is 0 Å². The normalized spacial score (nSPS) is 14.3. The number of carbonyl (C=O) groups is 4. The number of rotatable bonds is 73. The van der Waals surface area contributed by atoms with Crippen molar-refractivity contribution in [1.82, 2.24) is 0 Å². The first kappa shape index (κ1) is 91.1. The van der Waals surface area contributed by atoms with E-state index < -0.39 is 97.5 Å². The van der Waals surface area contributed by atoms with Crippen LogP contribution in [0.25, 0.3) is 0 Å². The number of phosphoric acid groups is 2. The van der Waals surface area contributed by atoms with Gasteiger partial charge < -0.3 is 33.8 Å². The molecule has 0 aromatic carbocycles. The van der Waals surface area contributed by atoms with E-state index >= 15 is 0 Å². The van der Waals surface area contributed by atoms with E-state index in [9.17, 15) is 43.2 Å². The van der Waals surface area contributed by atoms with Crippen LogP contribution in [-0.4, -0.2) is 96.7 Å². The maximum atomic E-state index is 13.1. The Hall–Kier alpha value is -1.94. The first-order valence-electron chi connectivity index (χ1n) is 38.5. The highest BCUT2D eigenvalue weighted by Gasteiger charge is 2.30. The lowest BCUT2D eigenvalue weighted by Crippen LogP contribution is -2.30. The number of esters is 4. The van der Waals surface area contributed by atoms with E-state index in [4.69, 9.17) is 37.0 Å². The molecule has 0 aromatic heterocycles. The zero-order valence-electron chi connectivity index (χ0n) is 60.6. The standard InChI is InChI=1S/C74H144O17P2/c1-7-10-12-14-16-17-18-19-20-21-25-28-33-39-45-51-57-72(77)85-63-70(91-73(78)58-52-46-40-34-29-26-23-22-24-27-32-38-43-49-55-67(6)9-3)65-89-93(82,83)87-61-68(75)60-86-92(80,81)88-64-69(62-84-71(76)56-50-44-36-15-13-11-8-2)90-74(79)59-53-47-41-35-30-31-37-42-48-54-66(4)5/h66-70,75H,7-65H2,1-6H3,(H,80,81)(H,82,83)/t67?,68-,69+,70+/m0/s1. The van der Waals surface area contributed by atoms with Crippen molar-refractivity contribution in [3.63, 3.8) is 0 Å². The third-order valence-electron chi connectivity index (χ3n) is 17.6. The first-order valence-corrected chi connectivity index (χ1v) is 41.5. The Morgan fingerprint density at radius 2 is 0.548 bits per heavy atom. The molecule has 0 aromatic rings. The van der Waals surface area contributed by atoms with E-state index in [1.807, 2.05) is 0 Å². The lowest BCUT2D eigenvalue weighted by atomic mass is 9.99. The number of aliphatic hydroxyl groups is 1. The SMILES string of the molecule is CCCCCCCCCCCCCCCCCCC(=O)OC[C@H](COP(=O)(O)OC[C@@H](O)COP(=O)(O)OC[C@@H](COC(=O)CCCCCCCCC)OC(=O)CCCCCCCCCCCC(C)C)OC(=O)CCCCCCCCCCCCCCCCC(C)CC. The number of hydrogen-bond donors (Lipinski definition) is 3. The summed E-state index contributed by atoms with van der Waals surface area (Å²) in [5, 5.41) is 10.6. The molecule has 0 amide bonds. The third kappa shape index (κ3) is 67.0. The molecule has 0 radical (unpaired) electrons. The van der Waals surface area contributed by atoms with Gasteiger partial charge in [0.1, 0.15) is 19.3 Å². The number of phosphoric ester groups is 2. The molecule has 17 nitrogen and oxygen atoms in total. The molecule has 0 saturated heterocycles.